The van der Waals surface area contributed by atoms with E-state index in [0.29, 0.717) is 11.7 Å². The molecule has 0 bridgehead atoms. The van der Waals surface area contributed by atoms with Crippen molar-refractivity contribution in [3.8, 4) is 27.6 Å². The number of rotatable bonds is 7. The summed E-state index contributed by atoms with van der Waals surface area (Å²) in [5.41, 5.74) is 3.51. The molecule has 29 heavy (non-hydrogen) atoms. The highest BCUT2D eigenvalue weighted by Crippen LogP contribution is 2.32. The zero-order valence-corrected chi connectivity index (χ0v) is 17.4. The maximum atomic E-state index is 12.4. The molecule has 0 unspecified atom stereocenters. The van der Waals surface area contributed by atoms with Crippen LogP contribution in [0.25, 0.3) is 21.8 Å². The summed E-state index contributed by atoms with van der Waals surface area (Å²) in [6.07, 6.45) is 0.216. The number of amides is 1. The average Bonchev–Trinajstić information content (AvgIpc) is 3.39. The molecule has 0 radical (unpaired) electrons. The monoisotopic (exact) mass is 421 g/mol. The van der Waals surface area contributed by atoms with Crippen molar-refractivity contribution >= 4 is 33.7 Å². The van der Waals surface area contributed by atoms with Crippen LogP contribution in [-0.2, 0) is 11.2 Å². The first kappa shape index (κ1) is 19.3. The van der Waals surface area contributed by atoms with Crippen molar-refractivity contribution in [3.63, 3.8) is 0 Å². The average molecular weight is 422 g/mol. The lowest BCUT2D eigenvalue weighted by atomic mass is 10.1. The zero-order chi connectivity index (χ0) is 20.1. The maximum absolute atomic E-state index is 12.4. The summed E-state index contributed by atoms with van der Waals surface area (Å²) in [5, 5.41) is 8.20. The molecule has 0 aliphatic heterocycles. The van der Waals surface area contributed by atoms with E-state index in [0.717, 1.165) is 33.3 Å². The summed E-state index contributed by atoms with van der Waals surface area (Å²) in [6, 6.07) is 17.7. The summed E-state index contributed by atoms with van der Waals surface area (Å²) in [4.78, 5) is 21.6. The summed E-state index contributed by atoms with van der Waals surface area (Å²) in [7, 11) is 0. The Morgan fingerprint density at radius 2 is 1.79 bits per heavy atom. The van der Waals surface area contributed by atoms with Crippen LogP contribution in [-0.4, -0.2) is 22.5 Å². The number of hydrogen-bond acceptors (Lipinski definition) is 6. The number of nitrogens with zero attached hydrogens (tertiary/aromatic N) is 2. The number of ether oxygens (including phenoxy) is 1. The Bertz CT molecular complexity index is 1110. The van der Waals surface area contributed by atoms with Crippen LogP contribution in [0.3, 0.4) is 0 Å². The van der Waals surface area contributed by atoms with Crippen molar-refractivity contribution in [1.82, 2.24) is 9.97 Å². The SMILES string of the molecule is CCOc1ccccc1-c1csc(NC(=O)Cc2csc(-c3ccccc3)n2)n1. The lowest BCUT2D eigenvalue weighted by molar-refractivity contribution is -0.115. The molecule has 0 spiro atoms. The van der Waals surface area contributed by atoms with E-state index in [1.165, 1.54) is 11.3 Å². The Morgan fingerprint density at radius 1 is 1.00 bits per heavy atom. The molecule has 0 fully saturated rings. The van der Waals surface area contributed by atoms with Crippen LogP contribution in [0.2, 0.25) is 0 Å². The van der Waals surface area contributed by atoms with Crippen molar-refractivity contribution in [2.45, 2.75) is 13.3 Å². The molecule has 0 saturated carbocycles. The highest BCUT2D eigenvalue weighted by Gasteiger charge is 2.13. The summed E-state index contributed by atoms with van der Waals surface area (Å²) in [5.74, 6) is 0.656. The largest absolute Gasteiger partial charge is 0.493 e. The van der Waals surface area contributed by atoms with Crippen molar-refractivity contribution in [2.24, 2.45) is 0 Å². The maximum Gasteiger partial charge on any atom is 0.232 e. The second-order valence-electron chi connectivity index (χ2n) is 6.20. The predicted octanol–water partition coefficient (Wildman–Crippen LogP) is 5.51. The van der Waals surface area contributed by atoms with Crippen molar-refractivity contribution in [1.29, 1.82) is 0 Å². The Hall–Kier alpha value is -3.03. The van der Waals surface area contributed by atoms with Gasteiger partial charge in [-0.25, -0.2) is 9.97 Å². The number of anilines is 1. The van der Waals surface area contributed by atoms with Gasteiger partial charge in [0.2, 0.25) is 5.91 Å². The third-order valence-corrected chi connectivity index (χ3v) is 5.83. The minimum absolute atomic E-state index is 0.131. The molecule has 0 atom stereocenters. The second kappa shape index (κ2) is 8.98. The first-order valence-corrected chi connectivity index (χ1v) is 11.0. The van der Waals surface area contributed by atoms with E-state index in [2.05, 4.69) is 15.3 Å². The van der Waals surface area contributed by atoms with E-state index >= 15 is 0 Å². The van der Waals surface area contributed by atoms with Crippen LogP contribution < -0.4 is 10.1 Å². The van der Waals surface area contributed by atoms with Crippen molar-refractivity contribution in [2.75, 3.05) is 11.9 Å². The molecular formula is C22H19N3O2S2. The molecule has 7 heteroatoms. The standard InChI is InChI=1S/C22H19N3O2S2/c1-2-27-19-11-7-6-10-17(19)18-14-29-22(24-18)25-20(26)12-16-13-28-21(23-16)15-8-4-3-5-9-15/h3-11,13-14H,2,12H2,1H3,(H,24,25,26). The third kappa shape index (κ3) is 4.70. The van der Waals surface area contributed by atoms with Gasteiger partial charge in [-0.2, -0.15) is 0 Å². The van der Waals surface area contributed by atoms with Gasteiger partial charge in [0.1, 0.15) is 10.8 Å². The van der Waals surface area contributed by atoms with Gasteiger partial charge < -0.3 is 10.1 Å². The lowest BCUT2D eigenvalue weighted by Gasteiger charge is -2.07. The molecule has 4 aromatic rings. The quantitative estimate of drug-likeness (QED) is 0.427. The molecule has 4 rings (SSSR count). The Morgan fingerprint density at radius 3 is 2.62 bits per heavy atom. The molecule has 2 aromatic carbocycles. The molecule has 2 aromatic heterocycles. The number of carbonyl (C=O) groups excluding carboxylic acids is 1. The Labute approximate surface area is 177 Å². The molecule has 146 valence electrons. The van der Waals surface area contributed by atoms with E-state index in [1.807, 2.05) is 72.3 Å². The van der Waals surface area contributed by atoms with Crippen molar-refractivity contribution < 1.29 is 9.53 Å². The first-order valence-electron chi connectivity index (χ1n) is 9.20. The molecule has 1 amide bonds. The zero-order valence-electron chi connectivity index (χ0n) is 15.8. The number of nitrogens with one attached hydrogen (secondary N) is 1. The van der Waals surface area contributed by atoms with Crippen LogP contribution in [0.15, 0.2) is 65.4 Å². The minimum Gasteiger partial charge on any atom is -0.493 e. The lowest BCUT2D eigenvalue weighted by Crippen LogP contribution is -2.14. The predicted molar refractivity (Wildman–Crippen MR) is 119 cm³/mol. The van der Waals surface area contributed by atoms with Crippen LogP contribution in [0.5, 0.6) is 5.75 Å². The number of para-hydroxylation sites is 1. The number of hydrogen-bond donors (Lipinski definition) is 1. The van der Waals surface area contributed by atoms with Gasteiger partial charge in [0, 0.05) is 21.9 Å². The van der Waals surface area contributed by atoms with Gasteiger partial charge in [-0.05, 0) is 19.1 Å². The second-order valence-corrected chi connectivity index (χ2v) is 7.92. The summed E-state index contributed by atoms with van der Waals surface area (Å²) < 4.78 is 5.67. The van der Waals surface area contributed by atoms with Crippen molar-refractivity contribution in [3.05, 3.63) is 71.1 Å². The van der Waals surface area contributed by atoms with Gasteiger partial charge >= 0.3 is 0 Å². The van der Waals surface area contributed by atoms with Gasteiger partial charge in [-0.1, -0.05) is 42.5 Å². The Kier molecular flexibility index (Phi) is 5.97. The molecule has 0 aliphatic carbocycles. The summed E-state index contributed by atoms with van der Waals surface area (Å²) >= 11 is 2.94. The van der Waals surface area contributed by atoms with E-state index in [9.17, 15) is 4.79 Å². The number of carbonyl (C=O) groups is 1. The minimum atomic E-state index is -0.131. The van der Waals surface area contributed by atoms with E-state index in [-0.39, 0.29) is 12.3 Å². The molecular weight excluding hydrogens is 402 g/mol. The van der Waals surface area contributed by atoms with E-state index in [1.54, 1.807) is 11.3 Å². The fraction of sp³-hybridized carbons (Fsp3) is 0.136. The fourth-order valence-electron chi connectivity index (χ4n) is 2.84. The van der Waals surface area contributed by atoms with Crippen LogP contribution in [0, 0.1) is 0 Å². The van der Waals surface area contributed by atoms with Crippen LogP contribution in [0.1, 0.15) is 12.6 Å². The van der Waals surface area contributed by atoms with Gasteiger partial charge in [-0.3, -0.25) is 4.79 Å². The van der Waals surface area contributed by atoms with Gasteiger partial charge in [-0.15, -0.1) is 22.7 Å². The topological polar surface area (TPSA) is 64.1 Å². The molecule has 0 saturated heterocycles. The normalized spacial score (nSPS) is 10.7. The first-order chi connectivity index (χ1) is 14.2. The third-order valence-electron chi connectivity index (χ3n) is 4.13. The fourth-order valence-corrected chi connectivity index (χ4v) is 4.40. The number of benzene rings is 2. The number of thiazole rings is 2. The van der Waals surface area contributed by atoms with Gasteiger partial charge in [0.25, 0.3) is 0 Å². The van der Waals surface area contributed by atoms with Gasteiger partial charge in [0.05, 0.1) is 24.4 Å². The molecule has 0 aliphatic rings. The molecule has 1 N–H and O–H groups in total. The Balaban J connectivity index is 1.42. The van der Waals surface area contributed by atoms with Crippen LogP contribution >= 0.6 is 22.7 Å². The molecule has 5 nitrogen and oxygen atoms in total. The van der Waals surface area contributed by atoms with E-state index < -0.39 is 0 Å². The smallest absolute Gasteiger partial charge is 0.232 e. The van der Waals surface area contributed by atoms with Crippen LogP contribution in [0.4, 0.5) is 5.13 Å². The van der Waals surface area contributed by atoms with Gasteiger partial charge in [0.15, 0.2) is 5.13 Å². The number of aromatic nitrogens is 2. The highest BCUT2D eigenvalue weighted by molar-refractivity contribution is 7.14. The van der Waals surface area contributed by atoms with E-state index in [4.69, 9.17) is 4.74 Å². The highest BCUT2D eigenvalue weighted by atomic mass is 32.1. The summed E-state index contributed by atoms with van der Waals surface area (Å²) in [6.45, 7) is 2.54. The molecule has 2 heterocycles.